The number of anilines is 1. The minimum Gasteiger partial charge on any atom is -0.343 e. The normalized spacial score (nSPS) is 14.9. The number of rotatable bonds is 5. The second-order valence-electron chi connectivity index (χ2n) is 6.60. The van der Waals surface area contributed by atoms with Gasteiger partial charge in [0.2, 0.25) is 11.8 Å². The van der Waals surface area contributed by atoms with Crippen molar-refractivity contribution in [1.29, 1.82) is 0 Å². The molecule has 2 amide bonds. The molecule has 2 aromatic rings. The first-order valence-electron chi connectivity index (χ1n) is 9.00. The summed E-state index contributed by atoms with van der Waals surface area (Å²) in [4.78, 5) is 26.7. The van der Waals surface area contributed by atoms with Crippen molar-refractivity contribution in [2.75, 3.05) is 18.4 Å². The highest BCUT2D eigenvalue weighted by molar-refractivity contribution is 6.31. The number of para-hydroxylation sites is 1. The Bertz CT molecular complexity index is 756. The van der Waals surface area contributed by atoms with Gasteiger partial charge in [0.25, 0.3) is 0 Å². The quantitative estimate of drug-likeness (QED) is 0.859. The molecular formula is C21H23ClN2O2. The Morgan fingerprint density at radius 1 is 1.00 bits per heavy atom. The Morgan fingerprint density at radius 3 is 2.35 bits per heavy atom. The van der Waals surface area contributed by atoms with Crippen LogP contribution in [0.1, 0.15) is 24.8 Å². The van der Waals surface area contributed by atoms with Crippen LogP contribution in [0.3, 0.4) is 0 Å². The summed E-state index contributed by atoms with van der Waals surface area (Å²) in [7, 11) is 0. The third-order valence-corrected chi connectivity index (χ3v) is 5.19. The number of piperidine rings is 1. The predicted molar refractivity (Wildman–Crippen MR) is 104 cm³/mol. The van der Waals surface area contributed by atoms with Gasteiger partial charge in [-0.2, -0.15) is 0 Å². The molecular weight excluding hydrogens is 348 g/mol. The van der Waals surface area contributed by atoms with Gasteiger partial charge in [-0.05, 0) is 43.0 Å². The zero-order valence-corrected chi connectivity index (χ0v) is 15.4. The van der Waals surface area contributed by atoms with E-state index in [1.165, 1.54) is 0 Å². The van der Waals surface area contributed by atoms with Crippen LogP contribution in [-0.4, -0.2) is 29.8 Å². The molecule has 0 bridgehead atoms. The number of hydrogen-bond donors (Lipinski definition) is 1. The number of aryl methyl sites for hydroxylation is 1. The summed E-state index contributed by atoms with van der Waals surface area (Å²) in [6.07, 6.45) is 2.50. The van der Waals surface area contributed by atoms with Crippen LogP contribution in [0.2, 0.25) is 5.02 Å². The molecule has 1 N–H and O–H groups in total. The van der Waals surface area contributed by atoms with Crippen LogP contribution < -0.4 is 5.32 Å². The Hall–Kier alpha value is -2.33. The lowest BCUT2D eigenvalue weighted by molar-refractivity contribution is -0.134. The lowest BCUT2D eigenvalue weighted by Gasteiger charge is -2.31. The number of likely N-dealkylation sites (tertiary alicyclic amines) is 1. The summed E-state index contributed by atoms with van der Waals surface area (Å²) in [5.41, 5.74) is 1.82. The summed E-state index contributed by atoms with van der Waals surface area (Å²) in [6, 6.07) is 17.1. The maximum absolute atomic E-state index is 12.4. The van der Waals surface area contributed by atoms with Crippen molar-refractivity contribution in [3.8, 4) is 0 Å². The number of benzene rings is 2. The van der Waals surface area contributed by atoms with E-state index in [4.69, 9.17) is 11.6 Å². The van der Waals surface area contributed by atoms with Gasteiger partial charge in [-0.25, -0.2) is 0 Å². The molecule has 26 heavy (non-hydrogen) atoms. The molecule has 3 rings (SSSR count). The molecule has 0 spiro atoms. The topological polar surface area (TPSA) is 49.4 Å². The number of carbonyl (C=O) groups is 2. The van der Waals surface area contributed by atoms with Crippen LogP contribution in [0, 0.1) is 5.92 Å². The fourth-order valence-electron chi connectivity index (χ4n) is 3.26. The lowest BCUT2D eigenvalue weighted by Crippen LogP contribution is -2.41. The Labute approximate surface area is 159 Å². The van der Waals surface area contributed by atoms with E-state index in [0.29, 0.717) is 43.8 Å². The highest BCUT2D eigenvalue weighted by Crippen LogP contribution is 2.21. The van der Waals surface area contributed by atoms with Crippen LogP contribution in [0.15, 0.2) is 54.6 Å². The number of nitrogens with zero attached hydrogens (tertiary/aromatic N) is 1. The smallest absolute Gasteiger partial charge is 0.227 e. The average molecular weight is 371 g/mol. The number of carbonyl (C=O) groups excluding carboxylic acids is 2. The molecule has 0 aliphatic carbocycles. The van der Waals surface area contributed by atoms with Crippen molar-refractivity contribution in [3.63, 3.8) is 0 Å². The molecule has 0 radical (unpaired) electrons. The summed E-state index contributed by atoms with van der Waals surface area (Å²) in [6.45, 7) is 1.27. The van der Waals surface area contributed by atoms with E-state index in [0.717, 1.165) is 11.3 Å². The summed E-state index contributed by atoms with van der Waals surface area (Å²) in [5.74, 6) is 0.133. The molecule has 1 saturated heterocycles. The van der Waals surface area contributed by atoms with Gasteiger partial charge in [0.15, 0.2) is 0 Å². The molecule has 1 fully saturated rings. The van der Waals surface area contributed by atoms with Gasteiger partial charge in [-0.3, -0.25) is 9.59 Å². The highest BCUT2D eigenvalue weighted by atomic mass is 35.5. The third kappa shape index (κ3) is 4.85. The molecule has 2 aromatic carbocycles. The first-order chi connectivity index (χ1) is 12.6. The van der Waals surface area contributed by atoms with Crippen molar-refractivity contribution in [1.82, 2.24) is 4.90 Å². The molecule has 0 aromatic heterocycles. The molecule has 0 saturated carbocycles. The average Bonchev–Trinajstić information content (AvgIpc) is 2.68. The van der Waals surface area contributed by atoms with Gasteiger partial charge in [-0.1, -0.05) is 48.0 Å². The number of hydrogen-bond acceptors (Lipinski definition) is 2. The molecule has 136 valence electrons. The minimum atomic E-state index is -0.0391. The Morgan fingerprint density at radius 2 is 1.65 bits per heavy atom. The summed E-state index contributed by atoms with van der Waals surface area (Å²) in [5, 5.41) is 3.66. The van der Waals surface area contributed by atoms with Crippen molar-refractivity contribution >= 4 is 29.1 Å². The largest absolute Gasteiger partial charge is 0.343 e. The standard InChI is InChI=1S/C21H23ClN2O2/c22-19-9-5-4-6-16(19)10-11-20(25)24-14-12-17(13-15-24)21(26)23-18-7-2-1-3-8-18/h1-9,17H,10-15H2,(H,23,26). The Kier molecular flexibility index (Phi) is 6.29. The molecule has 5 heteroatoms. The van der Waals surface area contributed by atoms with E-state index in [1.807, 2.05) is 59.5 Å². The first-order valence-corrected chi connectivity index (χ1v) is 9.38. The zero-order valence-electron chi connectivity index (χ0n) is 14.7. The fraction of sp³-hybridized carbons (Fsp3) is 0.333. The summed E-state index contributed by atoms with van der Waals surface area (Å²) >= 11 is 6.14. The van der Waals surface area contributed by atoms with E-state index >= 15 is 0 Å². The van der Waals surface area contributed by atoms with E-state index in [1.54, 1.807) is 0 Å². The minimum absolute atomic E-state index is 0.0391. The number of amides is 2. The number of halogens is 1. The third-order valence-electron chi connectivity index (χ3n) is 4.83. The van der Waals surface area contributed by atoms with E-state index in [-0.39, 0.29) is 17.7 Å². The highest BCUT2D eigenvalue weighted by Gasteiger charge is 2.27. The predicted octanol–water partition coefficient (Wildman–Crippen LogP) is 4.15. The van der Waals surface area contributed by atoms with Crippen molar-refractivity contribution in [2.24, 2.45) is 5.92 Å². The van der Waals surface area contributed by atoms with Gasteiger partial charge in [0.1, 0.15) is 0 Å². The molecule has 1 heterocycles. The SMILES string of the molecule is O=C(Nc1ccccc1)C1CCN(C(=O)CCc2ccccc2Cl)CC1. The maximum Gasteiger partial charge on any atom is 0.227 e. The molecule has 1 aliphatic rings. The van der Waals surface area contributed by atoms with Gasteiger partial charge in [0.05, 0.1) is 0 Å². The second kappa shape index (κ2) is 8.86. The van der Waals surface area contributed by atoms with E-state index < -0.39 is 0 Å². The van der Waals surface area contributed by atoms with Crippen LogP contribution in [0.5, 0.6) is 0 Å². The molecule has 0 unspecified atom stereocenters. The van der Waals surface area contributed by atoms with E-state index in [9.17, 15) is 9.59 Å². The van der Waals surface area contributed by atoms with Gasteiger partial charge in [-0.15, -0.1) is 0 Å². The van der Waals surface area contributed by atoms with Gasteiger partial charge in [0, 0.05) is 36.1 Å². The second-order valence-corrected chi connectivity index (χ2v) is 7.01. The monoisotopic (exact) mass is 370 g/mol. The van der Waals surface area contributed by atoms with Crippen molar-refractivity contribution in [3.05, 3.63) is 65.2 Å². The maximum atomic E-state index is 12.4. The van der Waals surface area contributed by atoms with Gasteiger partial charge >= 0.3 is 0 Å². The van der Waals surface area contributed by atoms with Gasteiger partial charge < -0.3 is 10.2 Å². The van der Waals surface area contributed by atoms with Crippen LogP contribution in [-0.2, 0) is 16.0 Å². The Balaban J connectivity index is 1.45. The zero-order chi connectivity index (χ0) is 18.4. The molecule has 1 aliphatic heterocycles. The number of nitrogens with one attached hydrogen (secondary N) is 1. The van der Waals surface area contributed by atoms with E-state index in [2.05, 4.69) is 5.32 Å². The van der Waals surface area contributed by atoms with Crippen LogP contribution in [0.4, 0.5) is 5.69 Å². The lowest BCUT2D eigenvalue weighted by atomic mass is 9.95. The molecule has 4 nitrogen and oxygen atoms in total. The fourth-order valence-corrected chi connectivity index (χ4v) is 3.49. The first kappa shape index (κ1) is 18.5. The molecule has 0 atom stereocenters. The van der Waals surface area contributed by atoms with Crippen LogP contribution in [0.25, 0.3) is 0 Å². The van der Waals surface area contributed by atoms with Crippen molar-refractivity contribution in [2.45, 2.75) is 25.7 Å². The van der Waals surface area contributed by atoms with Crippen molar-refractivity contribution < 1.29 is 9.59 Å². The summed E-state index contributed by atoms with van der Waals surface area (Å²) < 4.78 is 0. The van der Waals surface area contributed by atoms with Crippen LogP contribution >= 0.6 is 11.6 Å².